The van der Waals surface area contributed by atoms with Crippen molar-refractivity contribution in [3.05, 3.63) is 52.4 Å². The lowest BCUT2D eigenvalue weighted by Gasteiger charge is -2.07. The van der Waals surface area contributed by atoms with Gasteiger partial charge in [-0.1, -0.05) is 36.9 Å². The second-order valence-corrected chi connectivity index (χ2v) is 6.16. The predicted molar refractivity (Wildman–Crippen MR) is 95.4 cm³/mol. The number of rotatable bonds is 1. The van der Waals surface area contributed by atoms with Crippen molar-refractivity contribution < 1.29 is 8.39 Å². The van der Waals surface area contributed by atoms with Crippen LogP contribution in [0.4, 0.5) is 0 Å². The summed E-state index contributed by atoms with van der Waals surface area (Å²) in [6.07, 6.45) is 8.69. The second kappa shape index (κ2) is 5.23. The predicted octanol–water partition coefficient (Wildman–Crippen LogP) is 4.64. The van der Waals surface area contributed by atoms with Gasteiger partial charge in [-0.3, -0.25) is 0 Å². The molecule has 2 aromatic carbocycles. The third kappa shape index (κ3) is 1.95. The van der Waals surface area contributed by atoms with E-state index in [1.807, 2.05) is 12.1 Å². The van der Waals surface area contributed by atoms with Crippen molar-refractivity contribution in [3.8, 4) is 0 Å². The van der Waals surface area contributed by atoms with Gasteiger partial charge in [0.15, 0.2) is 0 Å². The first-order valence-corrected chi connectivity index (χ1v) is 8.30. The Balaban J connectivity index is 2.44. The third-order valence-corrected chi connectivity index (χ3v) is 4.91. The summed E-state index contributed by atoms with van der Waals surface area (Å²) in [6.45, 7) is 6.11. The van der Waals surface area contributed by atoms with E-state index < -0.39 is 0 Å². The first-order valence-electron chi connectivity index (χ1n) is 7.48. The standard InChI is InChI=1S/C19H17O2P/c1-3-14-12(2)8-10-16-18(14)19-15-7-5-4-6-13(15)9-11-17(19)21-22-20-16/h3,6-11,22H,1,4-5H2,2H3. The molecule has 3 heteroatoms. The molecular weight excluding hydrogens is 291 g/mol. The van der Waals surface area contributed by atoms with Crippen LogP contribution in [-0.2, 0) is 0 Å². The maximum Gasteiger partial charge on any atom is 0.201 e. The lowest BCUT2D eigenvalue weighted by atomic mass is 9.97. The first-order chi connectivity index (χ1) is 10.8. The summed E-state index contributed by atoms with van der Waals surface area (Å²) < 4.78 is 11.7. The van der Waals surface area contributed by atoms with Gasteiger partial charge in [0.2, 0.25) is 8.67 Å². The molecule has 1 heterocycles. The molecule has 2 nitrogen and oxygen atoms in total. The van der Waals surface area contributed by atoms with E-state index in [-0.39, 0.29) is 8.67 Å². The molecule has 0 spiro atoms. The van der Waals surface area contributed by atoms with E-state index in [9.17, 15) is 0 Å². The van der Waals surface area contributed by atoms with Gasteiger partial charge in [-0.05, 0) is 53.5 Å². The molecule has 0 fully saturated rings. The van der Waals surface area contributed by atoms with E-state index in [2.05, 4.69) is 43.9 Å². The van der Waals surface area contributed by atoms with Gasteiger partial charge in [-0.15, -0.1) is 0 Å². The molecule has 0 aliphatic heterocycles. The van der Waals surface area contributed by atoms with Gasteiger partial charge in [0.1, 0.15) is 11.2 Å². The minimum atomic E-state index is -0.0218. The van der Waals surface area contributed by atoms with Crippen molar-refractivity contribution in [2.45, 2.75) is 19.8 Å². The zero-order valence-electron chi connectivity index (χ0n) is 12.5. The van der Waals surface area contributed by atoms with Crippen LogP contribution in [0.5, 0.6) is 0 Å². The highest BCUT2D eigenvalue weighted by Gasteiger charge is 2.10. The van der Waals surface area contributed by atoms with Crippen LogP contribution in [0.15, 0.2) is 39.2 Å². The molecule has 22 heavy (non-hydrogen) atoms. The summed E-state index contributed by atoms with van der Waals surface area (Å²) in [7, 11) is -0.0218. The Kier molecular flexibility index (Phi) is 3.20. The molecule has 0 N–H and O–H groups in total. The summed E-state index contributed by atoms with van der Waals surface area (Å²) >= 11 is 0. The number of hydrogen-bond acceptors (Lipinski definition) is 2. The van der Waals surface area contributed by atoms with Gasteiger partial charge in [-0.25, -0.2) is 0 Å². The molecule has 110 valence electrons. The molecule has 1 unspecified atom stereocenters. The molecule has 0 bridgehead atoms. The molecule has 1 atom stereocenters. The molecular formula is C19H17O2P. The van der Waals surface area contributed by atoms with Gasteiger partial charge in [-0.2, -0.15) is 0 Å². The number of aryl methyl sites for hydroxylation is 1. The van der Waals surface area contributed by atoms with Crippen molar-refractivity contribution in [1.82, 2.24) is 0 Å². The van der Waals surface area contributed by atoms with E-state index in [4.69, 9.17) is 8.39 Å². The van der Waals surface area contributed by atoms with E-state index in [1.165, 1.54) is 16.0 Å². The van der Waals surface area contributed by atoms with Crippen LogP contribution in [-0.4, -0.2) is 0 Å². The summed E-state index contributed by atoms with van der Waals surface area (Å²) in [5.41, 5.74) is 4.10. The van der Waals surface area contributed by atoms with E-state index >= 15 is 0 Å². The van der Waals surface area contributed by atoms with Gasteiger partial charge in [0, 0.05) is 10.8 Å². The normalized spacial score (nSPS) is 13.7. The molecule has 1 aliphatic rings. The average molecular weight is 308 g/mol. The SMILES string of the molecule is C=Cc1c(C)ccc2o[pH]oc3ccc4c(c3c12)=CCCC=4. The van der Waals surface area contributed by atoms with E-state index in [0.717, 1.165) is 40.3 Å². The van der Waals surface area contributed by atoms with E-state index in [0.29, 0.717) is 0 Å². The summed E-state index contributed by atoms with van der Waals surface area (Å²) in [5, 5.41) is 4.79. The maximum atomic E-state index is 5.87. The fourth-order valence-electron chi connectivity index (χ4n) is 3.24. The third-order valence-electron chi connectivity index (χ3n) is 4.30. The lowest BCUT2D eigenvalue weighted by molar-refractivity contribution is 0.662. The summed E-state index contributed by atoms with van der Waals surface area (Å²) in [6, 6.07) is 8.32. The smallest absolute Gasteiger partial charge is 0.201 e. The van der Waals surface area contributed by atoms with Crippen molar-refractivity contribution in [2.75, 3.05) is 0 Å². The molecule has 3 aromatic rings. The molecule has 1 aliphatic carbocycles. The Morgan fingerprint density at radius 2 is 1.73 bits per heavy atom. The Hall–Kier alpha value is -2.18. The van der Waals surface area contributed by atoms with Crippen molar-refractivity contribution in [2.24, 2.45) is 0 Å². The fraction of sp³-hybridized carbons (Fsp3) is 0.158. The average Bonchev–Trinajstić information content (AvgIpc) is 2.74. The number of fused-ring (bicyclic) bond motifs is 5. The molecule has 0 amide bonds. The molecule has 4 rings (SSSR count). The second-order valence-electron chi connectivity index (χ2n) is 5.59. The van der Waals surface area contributed by atoms with Crippen LogP contribution in [0.1, 0.15) is 24.0 Å². The van der Waals surface area contributed by atoms with Crippen molar-refractivity contribution in [1.29, 1.82) is 0 Å². The molecule has 0 saturated heterocycles. The fourth-order valence-corrected chi connectivity index (χ4v) is 3.80. The van der Waals surface area contributed by atoms with E-state index in [1.54, 1.807) is 0 Å². The highest BCUT2D eigenvalue weighted by molar-refractivity contribution is 7.15. The largest absolute Gasteiger partial charge is 0.421 e. The summed E-state index contributed by atoms with van der Waals surface area (Å²) in [5.74, 6) is 0. The van der Waals surface area contributed by atoms with Crippen LogP contribution < -0.4 is 10.4 Å². The van der Waals surface area contributed by atoms with Gasteiger partial charge in [0.25, 0.3) is 0 Å². The Labute approximate surface area is 130 Å². The van der Waals surface area contributed by atoms with Gasteiger partial charge < -0.3 is 8.39 Å². The van der Waals surface area contributed by atoms with Gasteiger partial charge in [0.05, 0.1) is 0 Å². The van der Waals surface area contributed by atoms with Crippen molar-refractivity contribution >= 4 is 48.8 Å². The van der Waals surface area contributed by atoms with Crippen molar-refractivity contribution in [3.63, 3.8) is 0 Å². The highest BCUT2D eigenvalue weighted by Crippen LogP contribution is 2.30. The van der Waals surface area contributed by atoms with Crippen LogP contribution in [0.25, 0.3) is 40.2 Å². The zero-order valence-corrected chi connectivity index (χ0v) is 13.5. The Morgan fingerprint density at radius 3 is 2.55 bits per heavy atom. The monoisotopic (exact) mass is 308 g/mol. The van der Waals surface area contributed by atoms with Crippen LogP contribution in [0, 0.1) is 6.92 Å². The minimum Gasteiger partial charge on any atom is -0.421 e. The quantitative estimate of drug-likeness (QED) is 0.654. The number of benzene rings is 2. The first kappa shape index (κ1) is 13.5. The topological polar surface area (TPSA) is 26.3 Å². The Bertz CT molecular complexity index is 1060. The molecule has 0 saturated carbocycles. The zero-order chi connectivity index (χ0) is 15.1. The molecule has 1 aromatic heterocycles. The highest BCUT2D eigenvalue weighted by atomic mass is 31.1. The minimum absolute atomic E-state index is 0.0218. The Morgan fingerprint density at radius 1 is 1.00 bits per heavy atom. The van der Waals surface area contributed by atoms with Crippen LogP contribution in [0.3, 0.4) is 0 Å². The van der Waals surface area contributed by atoms with Crippen LogP contribution >= 0.6 is 8.67 Å². The van der Waals surface area contributed by atoms with Crippen LogP contribution in [0.2, 0.25) is 0 Å². The maximum absolute atomic E-state index is 5.87. The number of hydrogen-bond donors (Lipinski definition) is 0. The summed E-state index contributed by atoms with van der Waals surface area (Å²) in [4.78, 5) is 0. The lowest BCUT2D eigenvalue weighted by Crippen LogP contribution is -2.27. The molecule has 0 radical (unpaired) electrons. The van der Waals surface area contributed by atoms with Gasteiger partial charge >= 0.3 is 0 Å².